The summed E-state index contributed by atoms with van der Waals surface area (Å²) in [5, 5.41) is 17.3. The Hall–Kier alpha value is -3.84. The molecule has 3 aromatic rings. The van der Waals surface area contributed by atoms with Gasteiger partial charge in [-0.3, -0.25) is 14.4 Å². The highest BCUT2D eigenvalue weighted by atomic mass is 32.1. The van der Waals surface area contributed by atoms with E-state index in [0.29, 0.717) is 5.69 Å². The number of rotatable bonds is 12. The molecule has 0 radical (unpaired) electrons. The van der Waals surface area contributed by atoms with Crippen LogP contribution in [0.4, 0.5) is 0 Å². The van der Waals surface area contributed by atoms with Crippen molar-refractivity contribution in [3.05, 3.63) is 54.2 Å². The molecule has 2 aromatic heterocycles. The molecule has 3 amide bonds. The van der Waals surface area contributed by atoms with Crippen LogP contribution in [0.25, 0.3) is 10.9 Å². The molecular formula is C22H27N7O5S. The van der Waals surface area contributed by atoms with E-state index in [1.165, 1.54) is 12.5 Å². The summed E-state index contributed by atoms with van der Waals surface area (Å²) in [5.74, 6) is -3.24. The van der Waals surface area contributed by atoms with Crippen molar-refractivity contribution in [2.24, 2.45) is 5.73 Å². The van der Waals surface area contributed by atoms with Crippen molar-refractivity contribution < 1.29 is 24.3 Å². The van der Waals surface area contributed by atoms with Crippen LogP contribution < -0.4 is 21.7 Å². The predicted octanol–water partition coefficient (Wildman–Crippen LogP) is -0.896. The first-order valence-corrected chi connectivity index (χ1v) is 11.4. The third-order valence-corrected chi connectivity index (χ3v) is 5.67. The van der Waals surface area contributed by atoms with Crippen LogP contribution in [0, 0.1) is 0 Å². The zero-order valence-electron chi connectivity index (χ0n) is 18.7. The average Bonchev–Trinajstić information content (AvgIpc) is 3.50. The van der Waals surface area contributed by atoms with Crippen LogP contribution >= 0.6 is 12.6 Å². The first kappa shape index (κ1) is 25.8. The van der Waals surface area contributed by atoms with Crippen LogP contribution in [-0.2, 0) is 32.0 Å². The number of imidazole rings is 1. The first-order valence-electron chi connectivity index (χ1n) is 10.8. The molecule has 0 fully saturated rings. The molecule has 1 aromatic carbocycles. The molecule has 186 valence electrons. The number of carboxylic acids is 1. The molecule has 13 heteroatoms. The largest absolute Gasteiger partial charge is 0.480 e. The Bertz CT molecular complexity index is 1180. The van der Waals surface area contributed by atoms with E-state index in [1.54, 1.807) is 6.20 Å². The molecule has 12 nitrogen and oxygen atoms in total. The van der Waals surface area contributed by atoms with Gasteiger partial charge < -0.3 is 36.8 Å². The average molecular weight is 502 g/mol. The highest BCUT2D eigenvalue weighted by Crippen LogP contribution is 2.18. The number of carbonyl (C=O) groups excluding carboxylic acids is 3. The van der Waals surface area contributed by atoms with E-state index in [4.69, 9.17) is 10.8 Å². The van der Waals surface area contributed by atoms with E-state index in [0.717, 1.165) is 16.5 Å². The quantitative estimate of drug-likeness (QED) is 0.147. The van der Waals surface area contributed by atoms with Crippen molar-refractivity contribution in [2.75, 3.05) is 12.3 Å². The Morgan fingerprint density at radius 3 is 2.51 bits per heavy atom. The summed E-state index contributed by atoms with van der Waals surface area (Å²) in [7, 11) is 0. The molecule has 0 spiro atoms. The van der Waals surface area contributed by atoms with Crippen molar-refractivity contribution in [2.45, 2.75) is 31.0 Å². The number of fused-ring (bicyclic) bond motifs is 1. The number of carboxylic acid groups (broad SMARTS) is 1. The predicted molar refractivity (Wildman–Crippen MR) is 131 cm³/mol. The van der Waals surface area contributed by atoms with Crippen LogP contribution in [0.3, 0.4) is 0 Å². The molecule has 0 aliphatic heterocycles. The minimum Gasteiger partial charge on any atom is -0.480 e. The molecule has 2 heterocycles. The van der Waals surface area contributed by atoms with E-state index in [-0.39, 0.29) is 18.6 Å². The minimum atomic E-state index is -1.24. The molecule has 0 bridgehead atoms. The molecule has 35 heavy (non-hydrogen) atoms. The number of hydrogen-bond donors (Lipinski definition) is 8. The molecule has 0 aliphatic rings. The lowest BCUT2D eigenvalue weighted by Gasteiger charge is -2.20. The number of amides is 3. The van der Waals surface area contributed by atoms with Gasteiger partial charge in [-0.1, -0.05) is 18.2 Å². The molecular weight excluding hydrogens is 474 g/mol. The van der Waals surface area contributed by atoms with Gasteiger partial charge in [0, 0.05) is 41.2 Å². The number of benzene rings is 1. The van der Waals surface area contributed by atoms with E-state index < -0.39 is 48.4 Å². The number of H-pyrrole nitrogens is 2. The van der Waals surface area contributed by atoms with Crippen LogP contribution in [0.1, 0.15) is 11.3 Å². The molecule has 0 saturated carbocycles. The lowest BCUT2D eigenvalue weighted by Crippen LogP contribution is -2.54. The fourth-order valence-corrected chi connectivity index (χ4v) is 3.70. The van der Waals surface area contributed by atoms with Crippen LogP contribution in [-0.4, -0.2) is 74.2 Å². The zero-order chi connectivity index (χ0) is 25.4. The van der Waals surface area contributed by atoms with Crippen LogP contribution in [0.15, 0.2) is 43.0 Å². The van der Waals surface area contributed by atoms with Gasteiger partial charge in [0.25, 0.3) is 0 Å². The molecule has 3 atom stereocenters. The molecule has 0 saturated heterocycles. The third kappa shape index (κ3) is 7.07. The Balaban J connectivity index is 1.62. The van der Waals surface area contributed by atoms with Crippen molar-refractivity contribution in [1.29, 1.82) is 0 Å². The van der Waals surface area contributed by atoms with Gasteiger partial charge in [-0.2, -0.15) is 12.6 Å². The summed E-state index contributed by atoms with van der Waals surface area (Å²) < 4.78 is 0. The van der Waals surface area contributed by atoms with E-state index in [1.807, 2.05) is 24.3 Å². The third-order valence-electron chi connectivity index (χ3n) is 5.30. The lowest BCUT2D eigenvalue weighted by atomic mass is 10.0. The summed E-state index contributed by atoms with van der Waals surface area (Å²) in [4.78, 5) is 58.6. The number of para-hydroxylation sites is 1. The number of aromatic amines is 2. The highest BCUT2D eigenvalue weighted by molar-refractivity contribution is 7.80. The van der Waals surface area contributed by atoms with E-state index in [9.17, 15) is 19.2 Å². The maximum atomic E-state index is 12.8. The number of aliphatic carboxylic acids is 1. The van der Waals surface area contributed by atoms with Gasteiger partial charge in [-0.25, -0.2) is 9.78 Å². The molecule has 0 aliphatic carbocycles. The summed E-state index contributed by atoms with van der Waals surface area (Å²) in [6.45, 7) is -0.479. The second-order valence-corrected chi connectivity index (χ2v) is 8.24. The van der Waals surface area contributed by atoms with Crippen molar-refractivity contribution in [1.82, 2.24) is 30.9 Å². The van der Waals surface area contributed by atoms with Crippen molar-refractivity contribution in [3.63, 3.8) is 0 Å². The van der Waals surface area contributed by atoms with Gasteiger partial charge >= 0.3 is 5.97 Å². The first-order chi connectivity index (χ1) is 16.8. The van der Waals surface area contributed by atoms with Crippen LogP contribution in [0.2, 0.25) is 0 Å². The fraction of sp³-hybridized carbons (Fsp3) is 0.318. The molecule has 3 unspecified atom stereocenters. The number of thiol groups is 1. The number of nitrogens with one attached hydrogen (secondary N) is 5. The summed E-state index contributed by atoms with van der Waals surface area (Å²) in [6, 6.07) is 4.46. The second kappa shape index (κ2) is 12.0. The van der Waals surface area contributed by atoms with Gasteiger partial charge in [0.15, 0.2) is 0 Å². The van der Waals surface area contributed by atoms with Gasteiger partial charge in [0.1, 0.15) is 12.1 Å². The standard InChI is InChI=1S/C22H27N7O5S/c23-15(5-12-7-25-16-4-2-1-3-14(12)16)20(31)29-17(6-13-8-24-11-27-13)21(32)26-9-19(30)28-18(10-35)22(33)34/h1-4,7-8,11,15,17-18,25,35H,5-6,9-10,23H2,(H,24,27)(H,26,32)(H,28,30)(H,29,31)(H,33,34). The number of aromatic nitrogens is 3. The second-order valence-electron chi connectivity index (χ2n) is 7.87. The Kier molecular flexibility index (Phi) is 8.86. The zero-order valence-corrected chi connectivity index (χ0v) is 19.5. The highest BCUT2D eigenvalue weighted by Gasteiger charge is 2.26. The SMILES string of the molecule is NC(Cc1c[nH]c2ccccc12)C(=O)NC(Cc1cnc[nH]1)C(=O)NCC(=O)NC(CS)C(=O)O. The summed E-state index contributed by atoms with van der Waals surface area (Å²) in [6.07, 6.45) is 5.06. The monoisotopic (exact) mass is 501 g/mol. The minimum absolute atomic E-state index is 0.0768. The van der Waals surface area contributed by atoms with Gasteiger partial charge in [-0.15, -0.1) is 0 Å². The smallest absolute Gasteiger partial charge is 0.327 e. The molecule has 3 rings (SSSR count). The number of carbonyl (C=O) groups is 4. The molecule has 8 N–H and O–H groups in total. The summed E-state index contributed by atoms with van der Waals surface area (Å²) in [5.41, 5.74) is 8.51. The number of nitrogens with two attached hydrogens (primary N) is 1. The van der Waals surface area contributed by atoms with Gasteiger partial charge in [0.05, 0.1) is 18.9 Å². The Labute approximate surface area is 205 Å². The van der Waals surface area contributed by atoms with E-state index >= 15 is 0 Å². The van der Waals surface area contributed by atoms with Crippen molar-refractivity contribution in [3.8, 4) is 0 Å². The summed E-state index contributed by atoms with van der Waals surface area (Å²) >= 11 is 3.87. The topological polar surface area (TPSA) is 195 Å². The lowest BCUT2D eigenvalue weighted by molar-refractivity contribution is -0.141. The normalized spacial score (nSPS) is 13.5. The fourth-order valence-electron chi connectivity index (χ4n) is 3.46. The Morgan fingerprint density at radius 1 is 1.06 bits per heavy atom. The number of hydrogen-bond acceptors (Lipinski definition) is 7. The van der Waals surface area contributed by atoms with E-state index in [2.05, 4.69) is 43.5 Å². The maximum absolute atomic E-state index is 12.8. The van der Waals surface area contributed by atoms with Crippen molar-refractivity contribution >= 4 is 47.2 Å². The maximum Gasteiger partial charge on any atom is 0.327 e. The number of nitrogens with zero attached hydrogens (tertiary/aromatic N) is 1. The Morgan fingerprint density at radius 2 is 1.83 bits per heavy atom. The van der Waals surface area contributed by atoms with Crippen LogP contribution in [0.5, 0.6) is 0 Å². The van der Waals surface area contributed by atoms with Gasteiger partial charge in [0.2, 0.25) is 17.7 Å². The van der Waals surface area contributed by atoms with Gasteiger partial charge in [-0.05, 0) is 18.1 Å².